The average Bonchev–Trinajstić information content (AvgIpc) is 2.30. The Labute approximate surface area is 85.5 Å². The molecule has 1 N–H and O–H groups in total. The Bertz CT molecular complexity index is 240. The first-order chi connectivity index (χ1) is 6.37. The van der Waals surface area contributed by atoms with Crippen LogP contribution in [0.2, 0.25) is 0 Å². The lowest BCUT2D eigenvalue weighted by atomic mass is 10.1. The van der Waals surface area contributed by atoms with E-state index in [2.05, 4.69) is 18.3 Å². The molecule has 0 fully saturated rings. The molecule has 0 saturated heterocycles. The van der Waals surface area contributed by atoms with Gasteiger partial charge in [-0.3, -0.25) is 0 Å². The minimum Gasteiger partial charge on any atom is -0.444 e. The smallest absolute Gasteiger partial charge is 0.408 e. The van der Waals surface area contributed by atoms with E-state index < -0.39 is 5.60 Å². The zero-order valence-corrected chi connectivity index (χ0v) is 9.33. The molecule has 80 valence electrons. The Morgan fingerprint density at radius 2 is 2.07 bits per heavy atom. The molecule has 0 heterocycles. The molecule has 0 bridgehead atoms. The summed E-state index contributed by atoms with van der Waals surface area (Å²) in [6.45, 7) is 7.71. The van der Waals surface area contributed by atoms with Crippen molar-refractivity contribution in [2.24, 2.45) is 5.92 Å². The third-order valence-corrected chi connectivity index (χ3v) is 2.00. The number of hydrogen-bond donors (Lipinski definition) is 1. The van der Waals surface area contributed by atoms with Gasteiger partial charge in [0.1, 0.15) is 5.60 Å². The average molecular weight is 197 g/mol. The number of rotatable bonds is 1. The molecule has 0 aliphatic heterocycles. The van der Waals surface area contributed by atoms with Crippen LogP contribution in [0.25, 0.3) is 0 Å². The van der Waals surface area contributed by atoms with Crippen molar-refractivity contribution in [3.8, 4) is 0 Å². The molecular weight excluding hydrogens is 178 g/mol. The van der Waals surface area contributed by atoms with Gasteiger partial charge in [0, 0.05) is 0 Å². The molecule has 1 aliphatic rings. The second-order valence-electron chi connectivity index (χ2n) is 4.85. The number of carbonyl (C=O) groups is 1. The maximum absolute atomic E-state index is 11.4. The predicted molar refractivity (Wildman–Crippen MR) is 56.1 cm³/mol. The van der Waals surface area contributed by atoms with E-state index in [1.807, 2.05) is 26.8 Å². The molecule has 0 saturated carbocycles. The van der Waals surface area contributed by atoms with Crippen molar-refractivity contribution in [1.29, 1.82) is 0 Å². The molecule has 0 aromatic rings. The summed E-state index contributed by atoms with van der Waals surface area (Å²) in [5, 5.41) is 2.82. The van der Waals surface area contributed by atoms with Gasteiger partial charge in [-0.1, -0.05) is 19.1 Å². The van der Waals surface area contributed by atoms with Crippen molar-refractivity contribution in [2.45, 2.75) is 45.8 Å². The van der Waals surface area contributed by atoms with Gasteiger partial charge in [-0.25, -0.2) is 4.79 Å². The molecule has 0 radical (unpaired) electrons. The molecule has 1 rings (SSSR count). The van der Waals surface area contributed by atoms with Crippen molar-refractivity contribution in [3.05, 3.63) is 12.2 Å². The van der Waals surface area contributed by atoms with Gasteiger partial charge in [-0.05, 0) is 33.1 Å². The molecular formula is C11H19NO2. The number of alkyl carbamates (subject to hydrolysis) is 1. The van der Waals surface area contributed by atoms with Crippen molar-refractivity contribution in [1.82, 2.24) is 5.32 Å². The minimum atomic E-state index is -0.419. The van der Waals surface area contributed by atoms with E-state index in [0.717, 1.165) is 6.42 Å². The Kier molecular flexibility index (Phi) is 3.19. The van der Waals surface area contributed by atoms with Crippen molar-refractivity contribution in [2.75, 3.05) is 0 Å². The maximum atomic E-state index is 11.4. The molecule has 14 heavy (non-hydrogen) atoms. The van der Waals surface area contributed by atoms with Crippen LogP contribution in [0, 0.1) is 5.92 Å². The Balaban J connectivity index is 2.32. The SMILES string of the molecule is CC1C=CC(NC(=O)OC(C)(C)C)C1. The standard InChI is InChI=1S/C11H19NO2/c1-8-5-6-9(7-8)12-10(13)14-11(2,3)4/h5-6,8-9H,7H2,1-4H3,(H,12,13). The number of allylic oxidation sites excluding steroid dienone is 1. The summed E-state index contributed by atoms with van der Waals surface area (Å²) in [6, 6.07) is 0.139. The lowest BCUT2D eigenvalue weighted by Gasteiger charge is -2.21. The van der Waals surface area contributed by atoms with Gasteiger partial charge in [-0.15, -0.1) is 0 Å². The lowest BCUT2D eigenvalue weighted by Crippen LogP contribution is -2.37. The van der Waals surface area contributed by atoms with E-state index in [0.29, 0.717) is 5.92 Å². The summed E-state index contributed by atoms with van der Waals surface area (Å²) >= 11 is 0. The summed E-state index contributed by atoms with van der Waals surface area (Å²) in [4.78, 5) is 11.4. The normalized spacial score (nSPS) is 26.3. The van der Waals surface area contributed by atoms with Crippen LogP contribution < -0.4 is 5.32 Å². The second kappa shape index (κ2) is 4.03. The summed E-state index contributed by atoms with van der Waals surface area (Å²) in [7, 11) is 0. The lowest BCUT2D eigenvalue weighted by molar-refractivity contribution is 0.0513. The van der Waals surface area contributed by atoms with Gasteiger partial charge < -0.3 is 10.1 Å². The van der Waals surface area contributed by atoms with Crippen LogP contribution in [0.3, 0.4) is 0 Å². The highest BCUT2D eigenvalue weighted by molar-refractivity contribution is 5.68. The van der Waals surface area contributed by atoms with Gasteiger partial charge >= 0.3 is 6.09 Å². The second-order valence-corrected chi connectivity index (χ2v) is 4.85. The highest BCUT2D eigenvalue weighted by Gasteiger charge is 2.21. The van der Waals surface area contributed by atoms with Crippen LogP contribution in [0.5, 0.6) is 0 Å². The number of amides is 1. The van der Waals surface area contributed by atoms with E-state index in [-0.39, 0.29) is 12.1 Å². The van der Waals surface area contributed by atoms with E-state index in [4.69, 9.17) is 4.74 Å². The molecule has 2 atom stereocenters. The monoisotopic (exact) mass is 197 g/mol. The molecule has 0 spiro atoms. The molecule has 0 aromatic heterocycles. The van der Waals surface area contributed by atoms with E-state index in [1.165, 1.54) is 0 Å². The Morgan fingerprint density at radius 3 is 2.50 bits per heavy atom. The van der Waals surface area contributed by atoms with Crippen LogP contribution in [0.4, 0.5) is 4.79 Å². The maximum Gasteiger partial charge on any atom is 0.408 e. The zero-order chi connectivity index (χ0) is 10.8. The number of hydrogen-bond acceptors (Lipinski definition) is 2. The van der Waals surface area contributed by atoms with E-state index >= 15 is 0 Å². The topological polar surface area (TPSA) is 38.3 Å². The van der Waals surface area contributed by atoms with Gasteiger partial charge in [0.15, 0.2) is 0 Å². The fraction of sp³-hybridized carbons (Fsp3) is 0.727. The summed E-state index contributed by atoms with van der Waals surface area (Å²) in [5.74, 6) is 0.551. The van der Waals surface area contributed by atoms with Gasteiger partial charge in [-0.2, -0.15) is 0 Å². The molecule has 2 unspecified atom stereocenters. The zero-order valence-electron chi connectivity index (χ0n) is 9.33. The third-order valence-electron chi connectivity index (χ3n) is 2.00. The third kappa shape index (κ3) is 3.81. The number of nitrogens with one attached hydrogen (secondary N) is 1. The van der Waals surface area contributed by atoms with Crippen LogP contribution in [-0.4, -0.2) is 17.7 Å². The minimum absolute atomic E-state index is 0.139. The summed E-state index contributed by atoms with van der Waals surface area (Å²) < 4.78 is 5.15. The van der Waals surface area contributed by atoms with Crippen molar-refractivity contribution >= 4 is 6.09 Å². The molecule has 0 aromatic carbocycles. The predicted octanol–water partition coefficient (Wildman–Crippen LogP) is 2.48. The van der Waals surface area contributed by atoms with Crippen molar-refractivity contribution < 1.29 is 9.53 Å². The molecule has 3 nitrogen and oxygen atoms in total. The van der Waals surface area contributed by atoms with Crippen LogP contribution in [-0.2, 0) is 4.74 Å². The molecule has 3 heteroatoms. The Morgan fingerprint density at radius 1 is 1.43 bits per heavy atom. The fourth-order valence-electron chi connectivity index (χ4n) is 1.45. The first-order valence-corrected chi connectivity index (χ1v) is 5.04. The van der Waals surface area contributed by atoms with E-state index in [1.54, 1.807) is 0 Å². The van der Waals surface area contributed by atoms with E-state index in [9.17, 15) is 4.79 Å². The first-order valence-electron chi connectivity index (χ1n) is 5.04. The Hall–Kier alpha value is -0.990. The highest BCUT2D eigenvalue weighted by atomic mass is 16.6. The quantitative estimate of drug-likeness (QED) is 0.656. The largest absolute Gasteiger partial charge is 0.444 e. The molecule has 1 amide bonds. The highest BCUT2D eigenvalue weighted by Crippen LogP contribution is 2.17. The number of ether oxygens (including phenoxy) is 1. The summed E-state index contributed by atoms with van der Waals surface area (Å²) in [6.07, 6.45) is 4.77. The summed E-state index contributed by atoms with van der Waals surface area (Å²) in [5.41, 5.74) is -0.419. The van der Waals surface area contributed by atoms with Crippen molar-refractivity contribution in [3.63, 3.8) is 0 Å². The first kappa shape index (κ1) is 11.1. The molecule has 1 aliphatic carbocycles. The van der Waals surface area contributed by atoms with Crippen LogP contribution in [0.1, 0.15) is 34.1 Å². The van der Waals surface area contributed by atoms with Crippen LogP contribution in [0.15, 0.2) is 12.2 Å². The fourth-order valence-corrected chi connectivity index (χ4v) is 1.45. The number of carbonyl (C=O) groups excluding carboxylic acids is 1. The van der Waals surface area contributed by atoms with Gasteiger partial charge in [0.2, 0.25) is 0 Å². The van der Waals surface area contributed by atoms with Crippen LogP contribution >= 0.6 is 0 Å². The van der Waals surface area contributed by atoms with Gasteiger partial charge in [0.05, 0.1) is 6.04 Å². The van der Waals surface area contributed by atoms with Gasteiger partial charge in [0.25, 0.3) is 0 Å².